The first-order valence-corrected chi connectivity index (χ1v) is 15.1. The third-order valence-corrected chi connectivity index (χ3v) is 9.24. The molecule has 5 N–H and O–H groups in total. The SMILES string of the molecule is C=Cc1cn(C2OC(CN(C(C)C)C3CC(CCc4nc5ccc(C(C)C)cc5[nH]4)C3)C(O)C2O)c2ncnc(N)c12. The average molecular weight is 574 g/mol. The van der Waals surface area contributed by atoms with E-state index < -0.39 is 24.5 Å². The Morgan fingerprint density at radius 2 is 1.98 bits per heavy atom. The molecule has 224 valence electrons. The number of H-pyrrole nitrogens is 1. The van der Waals surface area contributed by atoms with Crippen LogP contribution in [-0.2, 0) is 11.2 Å². The lowest BCUT2D eigenvalue weighted by Gasteiger charge is -2.46. The van der Waals surface area contributed by atoms with Gasteiger partial charge in [-0.15, -0.1) is 0 Å². The third-order valence-electron chi connectivity index (χ3n) is 9.24. The van der Waals surface area contributed by atoms with E-state index in [9.17, 15) is 10.2 Å². The zero-order valence-electron chi connectivity index (χ0n) is 24.9. The average Bonchev–Trinajstić information content (AvgIpc) is 3.60. The van der Waals surface area contributed by atoms with Crippen molar-refractivity contribution in [3.63, 3.8) is 0 Å². The number of anilines is 1. The minimum atomic E-state index is -1.11. The maximum Gasteiger partial charge on any atom is 0.164 e. The first-order valence-electron chi connectivity index (χ1n) is 15.1. The molecular formula is C32H43N7O3. The van der Waals surface area contributed by atoms with Crippen LogP contribution in [0.25, 0.3) is 28.1 Å². The van der Waals surface area contributed by atoms with Crippen LogP contribution in [0.5, 0.6) is 0 Å². The van der Waals surface area contributed by atoms with Crippen LogP contribution in [-0.4, -0.2) is 76.6 Å². The summed E-state index contributed by atoms with van der Waals surface area (Å²) in [5.74, 6) is 2.53. The number of imidazole rings is 1. The van der Waals surface area contributed by atoms with E-state index >= 15 is 0 Å². The number of rotatable bonds is 10. The van der Waals surface area contributed by atoms with Gasteiger partial charge in [0.15, 0.2) is 6.23 Å². The summed E-state index contributed by atoms with van der Waals surface area (Å²) in [5, 5.41) is 22.8. The highest BCUT2D eigenvalue weighted by atomic mass is 16.6. The van der Waals surface area contributed by atoms with E-state index in [1.165, 1.54) is 11.9 Å². The number of aliphatic hydroxyl groups is 2. The molecule has 1 aromatic carbocycles. The number of nitrogens with two attached hydrogens (primary N) is 1. The van der Waals surface area contributed by atoms with E-state index in [2.05, 4.69) is 72.3 Å². The van der Waals surface area contributed by atoms with Gasteiger partial charge in [0.1, 0.15) is 41.9 Å². The van der Waals surface area contributed by atoms with Crippen molar-refractivity contribution < 1.29 is 14.9 Å². The number of hydrogen-bond donors (Lipinski definition) is 4. The van der Waals surface area contributed by atoms with Gasteiger partial charge >= 0.3 is 0 Å². The van der Waals surface area contributed by atoms with Gasteiger partial charge in [0, 0.05) is 36.8 Å². The first kappa shape index (κ1) is 28.8. The lowest BCUT2D eigenvalue weighted by atomic mass is 9.76. The van der Waals surface area contributed by atoms with Gasteiger partial charge < -0.3 is 30.2 Å². The van der Waals surface area contributed by atoms with Gasteiger partial charge in [-0.05, 0) is 62.6 Å². The molecule has 6 rings (SSSR count). The van der Waals surface area contributed by atoms with Gasteiger partial charge in [0.2, 0.25) is 0 Å². The van der Waals surface area contributed by atoms with Crippen molar-refractivity contribution in [1.82, 2.24) is 29.4 Å². The van der Waals surface area contributed by atoms with Crippen molar-refractivity contribution in [3.8, 4) is 0 Å². The van der Waals surface area contributed by atoms with Crippen LogP contribution in [0.2, 0.25) is 0 Å². The van der Waals surface area contributed by atoms with E-state index in [1.54, 1.807) is 16.8 Å². The summed E-state index contributed by atoms with van der Waals surface area (Å²) < 4.78 is 8.07. The number of aryl methyl sites for hydroxylation is 1. The molecule has 0 amide bonds. The molecule has 2 aliphatic rings. The standard InChI is InChI=1S/C32H43N7O3/c1-6-20-14-39(31-27(20)30(33)34-16-35-31)32-29(41)28(40)25(42-32)15-38(18(4)5)22-11-19(12-22)7-10-26-36-23-9-8-21(17(2)3)13-24(23)37-26/h6,8-9,13-14,16-19,22,25,28-29,32,40-41H,1,7,10-12,15H2,2-5H3,(H,36,37)(H2,33,34,35). The number of aliphatic hydroxyl groups excluding tert-OH is 2. The van der Waals surface area contributed by atoms with Gasteiger partial charge in [-0.2, -0.15) is 0 Å². The van der Waals surface area contributed by atoms with Crippen LogP contribution in [0.1, 0.15) is 76.1 Å². The molecule has 10 nitrogen and oxygen atoms in total. The Morgan fingerprint density at radius 3 is 2.69 bits per heavy atom. The number of nitrogens with zero attached hydrogens (tertiary/aromatic N) is 5. The fraction of sp³-hybridized carbons (Fsp3) is 0.531. The van der Waals surface area contributed by atoms with Crippen LogP contribution < -0.4 is 5.73 Å². The molecule has 4 heterocycles. The van der Waals surface area contributed by atoms with Crippen LogP contribution in [0.4, 0.5) is 5.82 Å². The second-order valence-electron chi connectivity index (χ2n) is 12.6. The van der Waals surface area contributed by atoms with Crippen LogP contribution in [0.15, 0.2) is 37.3 Å². The molecule has 2 fully saturated rings. The van der Waals surface area contributed by atoms with Crippen molar-refractivity contribution in [2.24, 2.45) is 5.92 Å². The number of fused-ring (bicyclic) bond motifs is 2. The zero-order valence-corrected chi connectivity index (χ0v) is 24.9. The predicted molar refractivity (Wildman–Crippen MR) is 165 cm³/mol. The van der Waals surface area contributed by atoms with Gasteiger partial charge in [-0.1, -0.05) is 32.6 Å². The molecule has 42 heavy (non-hydrogen) atoms. The molecule has 0 bridgehead atoms. The normalized spacial score (nSPS) is 26.2. The Hall–Kier alpha value is -3.31. The van der Waals surface area contributed by atoms with Crippen LogP contribution in [0, 0.1) is 5.92 Å². The summed E-state index contributed by atoms with van der Waals surface area (Å²) in [4.78, 5) is 19.2. The summed E-state index contributed by atoms with van der Waals surface area (Å²) in [6.45, 7) is 13.2. The number of nitrogen functional groups attached to an aromatic ring is 1. The van der Waals surface area contributed by atoms with Crippen molar-refractivity contribution in [2.45, 2.75) is 95.9 Å². The number of aromatic nitrogens is 5. The van der Waals surface area contributed by atoms with E-state index in [4.69, 9.17) is 15.5 Å². The second kappa shape index (κ2) is 11.4. The summed E-state index contributed by atoms with van der Waals surface area (Å²) in [5.41, 5.74) is 10.9. The number of benzene rings is 1. The fourth-order valence-electron chi connectivity index (χ4n) is 6.69. The van der Waals surface area contributed by atoms with Gasteiger partial charge in [-0.25, -0.2) is 15.0 Å². The quantitative estimate of drug-likeness (QED) is 0.219. The maximum absolute atomic E-state index is 11.0. The zero-order chi connectivity index (χ0) is 29.7. The summed E-state index contributed by atoms with van der Waals surface area (Å²) in [6, 6.07) is 7.20. The Bertz CT molecular complexity index is 1570. The first-order chi connectivity index (χ1) is 20.1. The lowest BCUT2D eigenvalue weighted by Crippen LogP contribution is -2.52. The molecule has 0 radical (unpaired) electrons. The van der Waals surface area contributed by atoms with E-state index in [0.29, 0.717) is 41.3 Å². The Balaban J connectivity index is 1.08. The minimum absolute atomic E-state index is 0.279. The lowest BCUT2D eigenvalue weighted by molar-refractivity contribution is -0.0618. The Kier molecular flexibility index (Phi) is 7.82. The van der Waals surface area contributed by atoms with Gasteiger partial charge in [-0.3, -0.25) is 4.90 Å². The fourth-order valence-corrected chi connectivity index (χ4v) is 6.69. The third kappa shape index (κ3) is 5.21. The van der Waals surface area contributed by atoms with Crippen molar-refractivity contribution >= 4 is 34.0 Å². The largest absolute Gasteiger partial charge is 0.387 e. The number of nitrogens with one attached hydrogen (secondary N) is 1. The summed E-state index contributed by atoms with van der Waals surface area (Å²) >= 11 is 0. The highest BCUT2D eigenvalue weighted by molar-refractivity contribution is 5.94. The van der Waals surface area contributed by atoms with E-state index in [1.807, 2.05) is 0 Å². The molecular weight excluding hydrogens is 530 g/mol. The predicted octanol–water partition coefficient (Wildman–Crippen LogP) is 4.40. The molecule has 4 unspecified atom stereocenters. The molecule has 4 atom stereocenters. The highest BCUT2D eigenvalue weighted by Crippen LogP contribution is 2.39. The van der Waals surface area contributed by atoms with Crippen molar-refractivity contribution in [3.05, 3.63) is 54.3 Å². The molecule has 1 saturated heterocycles. The van der Waals surface area contributed by atoms with Crippen LogP contribution in [0.3, 0.4) is 0 Å². The van der Waals surface area contributed by atoms with Crippen molar-refractivity contribution in [1.29, 1.82) is 0 Å². The van der Waals surface area contributed by atoms with Gasteiger partial charge in [0.05, 0.1) is 16.4 Å². The molecule has 4 aromatic rings. The van der Waals surface area contributed by atoms with E-state index in [-0.39, 0.29) is 6.04 Å². The molecule has 0 spiro atoms. The second-order valence-corrected chi connectivity index (χ2v) is 12.6. The molecule has 3 aromatic heterocycles. The summed E-state index contributed by atoms with van der Waals surface area (Å²) in [7, 11) is 0. The van der Waals surface area contributed by atoms with Crippen molar-refractivity contribution in [2.75, 3.05) is 12.3 Å². The smallest absolute Gasteiger partial charge is 0.164 e. The highest BCUT2D eigenvalue weighted by Gasteiger charge is 2.46. The molecule has 10 heteroatoms. The monoisotopic (exact) mass is 573 g/mol. The summed E-state index contributed by atoms with van der Waals surface area (Å²) in [6.07, 6.45) is 5.64. The van der Waals surface area contributed by atoms with Crippen LogP contribution >= 0.6 is 0 Å². The molecule has 1 aliphatic carbocycles. The Labute approximate surface area is 246 Å². The Morgan fingerprint density at radius 1 is 1.19 bits per heavy atom. The van der Waals surface area contributed by atoms with Gasteiger partial charge in [0.25, 0.3) is 0 Å². The number of aromatic amines is 1. The molecule has 1 saturated carbocycles. The topological polar surface area (TPSA) is 138 Å². The number of ether oxygens (including phenoxy) is 1. The maximum atomic E-state index is 11.0. The molecule has 1 aliphatic heterocycles. The number of hydrogen-bond acceptors (Lipinski definition) is 8. The minimum Gasteiger partial charge on any atom is -0.387 e. The van der Waals surface area contributed by atoms with E-state index in [0.717, 1.165) is 48.1 Å².